The Bertz CT molecular complexity index is 493. The molecule has 4 nitrogen and oxygen atoms in total. The molecule has 1 aliphatic rings. The number of hydrogen-bond acceptors (Lipinski definition) is 3. The van der Waals surface area contributed by atoms with Gasteiger partial charge in [0.15, 0.2) is 0 Å². The number of carbonyl (C=O) groups excluding carboxylic acids is 1. The zero-order valence-electron chi connectivity index (χ0n) is 14.5. The Morgan fingerprint density at radius 1 is 1.22 bits per heavy atom. The molecule has 2 unspecified atom stereocenters. The van der Waals surface area contributed by atoms with Crippen LogP contribution in [0.1, 0.15) is 50.8 Å². The van der Waals surface area contributed by atoms with Gasteiger partial charge < -0.3 is 15.8 Å². The number of amides is 1. The minimum atomic E-state index is -0.443. The van der Waals surface area contributed by atoms with Crippen LogP contribution in [0.4, 0.5) is 0 Å². The first-order valence-corrected chi connectivity index (χ1v) is 8.70. The normalized spacial score (nSPS) is 18.7. The molecule has 0 saturated carbocycles. The van der Waals surface area contributed by atoms with Crippen molar-refractivity contribution in [1.29, 1.82) is 0 Å². The standard InChI is InChI=1S/C19H30N2O2/c1-13(2)12-15-4-6-16(7-5-15)14(3)21-19(22)18(20)17-8-10-23-11-9-17/h4-7,13-14,17-18H,8-12,20H2,1-3H3,(H,21,22). The fraction of sp³-hybridized carbons (Fsp3) is 0.632. The van der Waals surface area contributed by atoms with Gasteiger partial charge in [-0.3, -0.25) is 4.79 Å². The van der Waals surface area contributed by atoms with E-state index >= 15 is 0 Å². The third kappa shape index (κ3) is 5.33. The molecule has 3 N–H and O–H groups in total. The zero-order chi connectivity index (χ0) is 16.8. The summed E-state index contributed by atoms with van der Waals surface area (Å²) in [5.74, 6) is 0.815. The Kier molecular flexibility index (Phi) is 6.60. The highest BCUT2D eigenvalue weighted by Gasteiger charge is 2.27. The molecule has 0 radical (unpaired) electrons. The van der Waals surface area contributed by atoms with Crippen LogP contribution in [0.25, 0.3) is 0 Å². The first kappa shape index (κ1) is 18.0. The van der Waals surface area contributed by atoms with Gasteiger partial charge in [0.2, 0.25) is 5.91 Å². The number of ether oxygens (including phenoxy) is 1. The molecule has 0 bridgehead atoms. The molecule has 1 amide bonds. The lowest BCUT2D eigenvalue weighted by Gasteiger charge is -2.28. The van der Waals surface area contributed by atoms with Gasteiger partial charge in [0.25, 0.3) is 0 Å². The third-order valence-electron chi connectivity index (χ3n) is 4.56. The first-order valence-electron chi connectivity index (χ1n) is 8.70. The van der Waals surface area contributed by atoms with Gasteiger partial charge in [-0.1, -0.05) is 38.1 Å². The highest BCUT2D eigenvalue weighted by Crippen LogP contribution is 2.19. The number of nitrogens with one attached hydrogen (secondary N) is 1. The summed E-state index contributed by atoms with van der Waals surface area (Å²) in [6.07, 6.45) is 2.81. The minimum absolute atomic E-state index is 0.0264. The van der Waals surface area contributed by atoms with Crippen LogP contribution in [0.15, 0.2) is 24.3 Å². The molecule has 128 valence electrons. The second kappa shape index (κ2) is 8.46. The SMILES string of the molecule is CC(C)Cc1ccc(C(C)NC(=O)C(N)C2CCOCC2)cc1. The molecule has 4 heteroatoms. The Labute approximate surface area is 139 Å². The maximum atomic E-state index is 12.4. The van der Waals surface area contributed by atoms with Crippen molar-refractivity contribution in [3.63, 3.8) is 0 Å². The van der Waals surface area contributed by atoms with E-state index in [1.165, 1.54) is 5.56 Å². The van der Waals surface area contributed by atoms with E-state index in [-0.39, 0.29) is 17.9 Å². The Hall–Kier alpha value is -1.39. The summed E-state index contributed by atoms with van der Waals surface area (Å²) in [7, 11) is 0. The van der Waals surface area contributed by atoms with Crippen LogP contribution in [0.2, 0.25) is 0 Å². The van der Waals surface area contributed by atoms with E-state index in [1.54, 1.807) is 0 Å². The number of nitrogens with two attached hydrogens (primary N) is 1. The van der Waals surface area contributed by atoms with E-state index in [9.17, 15) is 4.79 Å². The smallest absolute Gasteiger partial charge is 0.237 e. The van der Waals surface area contributed by atoms with E-state index < -0.39 is 6.04 Å². The molecule has 1 fully saturated rings. The average Bonchev–Trinajstić information content (AvgIpc) is 2.55. The summed E-state index contributed by atoms with van der Waals surface area (Å²) in [6.45, 7) is 7.85. The maximum absolute atomic E-state index is 12.4. The zero-order valence-corrected chi connectivity index (χ0v) is 14.5. The first-order chi connectivity index (χ1) is 11.0. The molecule has 0 spiro atoms. The summed E-state index contributed by atoms with van der Waals surface area (Å²) in [5, 5.41) is 3.05. The van der Waals surface area contributed by atoms with Crippen LogP contribution in [0.3, 0.4) is 0 Å². The van der Waals surface area contributed by atoms with Gasteiger partial charge in [-0.05, 0) is 49.1 Å². The molecular formula is C19H30N2O2. The number of carbonyl (C=O) groups is 1. The quantitative estimate of drug-likeness (QED) is 0.848. The van der Waals surface area contributed by atoms with Crippen LogP contribution in [-0.4, -0.2) is 25.2 Å². The topological polar surface area (TPSA) is 64.4 Å². The van der Waals surface area contributed by atoms with Crippen molar-refractivity contribution < 1.29 is 9.53 Å². The molecule has 1 heterocycles. The van der Waals surface area contributed by atoms with Gasteiger partial charge in [0.05, 0.1) is 12.1 Å². The lowest BCUT2D eigenvalue weighted by atomic mass is 9.91. The summed E-state index contributed by atoms with van der Waals surface area (Å²) in [6, 6.07) is 8.03. The predicted octanol–water partition coefficient (Wildman–Crippen LogP) is 2.82. The summed E-state index contributed by atoms with van der Waals surface area (Å²) in [5.41, 5.74) is 8.58. The molecule has 0 aromatic heterocycles. The molecule has 2 rings (SSSR count). The maximum Gasteiger partial charge on any atom is 0.237 e. The Balaban J connectivity index is 1.89. The molecule has 0 aliphatic carbocycles. The van der Waals surface area contributed by atoms with Crippen LogP contribution < -0.4 is 11.1 Å². The lowest BCUT2D eigenvalue weighted by molar-refractivity contribution is -0.125. The van der Waals surface area contributed by atoms with E-state index in [1.807, 2.05) is 6.92 Å². The second-order valence-electron chi connectivity index (χ2n) is 7.05. The van der Waals surface area contributed by atoms with Crippen LogP contribution in [-0.2, 0) is 16.0 Å². The molecule has 2 atom stereocenters. The van der Waals surface area contributed by atoms with E-state index in [0.717, 1.165) is 24.8 Å². The minimum Gasteiger partial charge on any atom is -0.381 e. The lowest BCUT2D eigenvalue weighted by Crippen LogP contribution is -2.47. The number of hydrogen-bond donors (Lipinski definition) is 2. The summed E-state index contributed by atoms with van der Waals surface area (Å²) >= 11 is 0. The van der Waals surface area contributed by atoms with Crippen LogP contribution in [0, 0.1) is 11.8 Å². The predicted molar refractivity (Wildman–Crippen MR) is 93.1 cm³/mol. The van der Waals surface area contributed by atoms with Crippen LogP contribution >= 0.6 is 0 Å². The van der Waals surface area contributed by atoms with Crippen LogP contribution in [0.5, 0.6) is 0 Å². The van der Waals surface area contributed by atoms with Gasteiger partial charge in [-0.15, -0.1) is 0 Å². The molecule has 23 heavy (non-hydrogen) atoms. The van der Waals surface area contributed by atoms with Crippen molar-refractivity contribution >= 4 is 5.91 Å². The van der Waals surface area contributed by atoms with Crippen molar-refractivity contribution in [1.82, 2.24) is 5.32 Å². The van der Waals surface area contributed by atoms with Gasteiger partial charge >= 0.3 is 0 Å². The van der Waals surface area contributed by atoms with Crippen molar-refractivity contribution in [3.05, 3.63) is 35.4 Å². The fourth-order valence-electron chi connectivity index (χ4n) is 3.10. The summed E-state index contributed by atoms with van der Waals surface area (Å²) in [4.78, 5) is 12.4. The van der Waals surface area contributed by atoms with Gasteiger partial charge in [0, 0.05) is 13.2 Å². The molecule has 1 aromatic rings. The van der Waals surface area contributed by atoms with E-state index in [0.29, 0.717) is 19.1 Å². The molecule has 1 saturated heterocycles. The van der Waals surface area contributed by atoms with Gasteiger partial charge in [-0.2, -0.15) is 0 Å². The van der Waals surface area contributed by atoms with Crippen molar-refractivity contribution in [3.8, 4) is 0 Å². The van der Waals surface area contributed by atoms with E-state index in [2.05, 4.69) is 43.4 Å². The molecule has 1 aliphatic heterocycles. The second-order valence-corrected chi connectivity index (χ2v) is 7.05. The largest absolute Gasteiger partial charge is 0.381 e. The highest BCUT2D eigenvalue weighted by atomic mass is 16.5. The van der Waals surface area contributed by atoms with E-state index in [4.69, 9.17) is 10.5 Å². The van der Waals surface area contributed by atoms with Crippen molar-refractivity contribution in [2.45, 2.75) is 52.1 Å². The van der Waals surface area contributed by atoms with Gasteiger partial charge in [-0.25, -0.2) is 0 Å². The fourth-order valence-corrected chi connectivity index (χ4v) is 3.10. The highest BCUT2D eigenvalue weighted by molar-refractivity contribution is 5.82. The third-order valence-corrected chi connectivity index (χ3v) is 4.56. The monoisotopic (exact) mass is 318 g/mol. The Morgan fingerprint density at radius 2 is 1.83 bits per heavy atom. The molecule has 1 aromatic carbocycles. The Morgan fingerprint density at radius 3 is 2.39 bits per heavy atom. The van der Waals surface area contributed by atoms with Crippen molar-refractivity contribution in [2.75, 3.05) is 13.2 Å². The van der Waals surface area contributed by atoms with Gasteiger partial charge in [0.1, 0.15) is 0 Å². The van der Waals surface area contributed by atoms with Crippen molar-refractivity contribution in [2.24, 2.45) is 17.6 Å². The average molecular weight is 318 g/mol. The number of benzene rings is 1. The molecular weight excluding hydrogens is 288 g/mol. The summed E-state index contributed by atoms with van der Waals surface area (Å²) < 4.78 is 5.33. The number of rotatable bonds is 6.